The van der Waals surface area contributed by atoms with Crippen molar-refractivity contribution in [3.63, 3.8) is 0 Å². The van der Waals surface area contributed by atoms with Gasteiger partial charge in [-0.3, -0.25) is 14.4 Å². The monoisotopic (exact) mass is 597 g/mol. The molecule has 0 aliphatic rings. The van der Waals surface area contributed by atoms with Gasteiger partial charge in [-0.1, -0.05) is 67.1 Å². The number of rotatable bonds is 10. The van der Waals surface area contributed by atoms with Crippen LogP contribution in [-0.4, -0.2) is 23.0 Å². The quantitative estimate of drug-likeness (QED) is 0.128. The maximum atomic E-state index is 13.4. The number of amides is 3. The molecule has 0 aliphatic heterocycles. The molecule has 4 rings (SSSR count). The standard InChI is InChI=1S/C34H32ClN3O3S/c1-4-31(34(41)37-29-15-8-10-22(2)23(29)3)42-28-14-9-13-27(21-28)36-33(40)30(20-24-16-18-26(35)19-17-24)38-32(39)25-11-6-5-7-12-25/h5-21,31H,4H2,1-3H3,(H,36,40)(H,37,41)(H,38,39)/b30-20+. The summed E-state index contributed by atoms with van der Waals surface area (Å²) in [6.45, 7) is 5.97. The lowest BCUT2D eigenvalue weighted by molar-refractivity contribution is -0.116. The number of nitrogens with one attached hydrogen (secondary N) is 3. The van der Waals surface area contributed by atoms with Gasteiger partial charge in [0, 0.05) is 26.9 Å². The van der Waals surface area contributed by atoms with Crippen LogP contribution in [0, 0.1) is 13.8 Å². The van der Waals surface area contributed by atoms with Gasteiger partial charge in [-0.2, -0.15) is 0 Å². The molecular formula is C34H32ClN3O3S. The van der Waals surface area contributed by atoms with Gasteiger partial charge in [0.05, 0.1) is 5.25 Å². The molecule has 0 bridgehead atoms. The maximum absolute atomic E-state index is 13.4. The number of carbonyl (C=O) groups is 3. The summed E-state index contributed by atoms with van der Waals surface area (Å²) in [4.78, 5) is 40.3. The smallest absolute Gasteiger partial charge is 0.272 e. The number of carbonyl (C=O) groups excluding carboxylic acids is 3. The van der Waals surface area contributed by atoms with Crippen LogP contribution in [0.5, 0.6) is 0 Å². The van der Waals surface area contributed by atoms with Crippen molar-refractivity contribution in [1.82, 2.24) is 5.32 Å². The van der Waals surface area contributed by atoms with E-state index in [1.807, 2.05) is 63.2 Å². The van der Waals surface area contributed by atoms with Crippen LogP contribution in [0.2, 0.25) is 5.02 Å². The second-order valence-electron chi connectivity index (χ2n) is 9.66. The van der Waals surface area contributed by atoms with Gasteiger partial charge in [-0.15, -0.1) is 11.8 Å². The van der Waals surface area contributed by atoms with Crippen LogP contribution >= 0.6 is 23.4 Å². The highest BCUT2D eigenvalue weighted by molar-refractivity contribution is 8.00. The zero-order chi connectivity index (χ0) is 30.1. The molecular weight excluding hydrogens is 566 g/mol. The molecule has 6 nitrogen and oxygen atoms in total. The van der Waals surface area contributed by atoms with Gasteiger partial charge in [0.2, 0.25) is 5.91 Å². The molecule has 0 saturated heterocycles. The number of thioether (sulfide) groups is 1. The Morgan fingerprint density at radius 2 is 1.57 bits per heavy atom. The van der Waals surface area contributed by atoms with Crippen LogP contribution in [0.15, 0.2) is 108 Å². The first-order valence-electron chi connectivity index (χ1n) is 13.5. The Labute approximate surface area is 255 Å². The highest BCUT2D eigenvalue weighted by Crippen LogP contribution is 2.29. The highest BCUT2D eigenvalue weighted by Gasteiger charge is 2.20. The summed E-state index contributed by atoms with van der Waals surface area (Å²) in [5.74, 6) is -0.977. The van der Waals surface area contributed by atoms with Crippen molar-refractivity contribution in [3.05, 3.63) is 130 Å². The molecule has 8 heteroatoms. The minimum Gasteiger partial charge on any atom is -0.325 e. The summed E-state index contributed by atoms with van der Waals surface area (Å²) in [7, 11) is 0. The molecule has 3 amide bonds. The summed E-state index contributed by atoms with van der Waals surface area (Å²) in [5.41, 5.74) is 4.68. The molecule has 4 aromatic carbocycles. The van der Waals surface area contributed by atoms with E-state index in [1.54, 1.807) is 60.7 Å². The van der Waals surface area contributed by atoms with Gasteiger partial charge in [0.1, 0.15) is 5.70 Å². The van der Waals surface area contributed by atoms with Crippen molar-refractivity contribution < 1.29 is 14.4 Å². The Morgan fingerprint density at radius 1 is 0.857 bits per heavy atom. The Bertz CT molecular complexity index is 1600. The predicted octanol–water partition coefficient (Wildman–Crippen LogP) is 7.88. The molecule has 0 fully saturated rings. The number of hydrogen-bond donors (Lipinski definition) is 3. The first kappa shape index (κ1) is 30.6. The Balaban J connectivity index is 1.50. The molecule has 0 spiro atoms. The number of halogens is 1. The molecule has 42 heavy (non-hydrogen) atoms. The minimum absolute atomic E-state index is 0.0727. The first-order chi connectivity index (χ1) is 20.2. The fourth-order valence-corrected chi connectivity index (χ4v) is 5.24. The summed E-state index contributed by atoms with van der Waals surface area (Å²) < 4.78 is 0. The van der Waals surface area contributed by atoms with E-state index in [2.05, 4.69) is 16.0 Å². The lowest BCUT2D eigenvalue weighted by Gasteiger charge is -2.17. The van der Waals surface area contributed by atoms with Crippen LogP contribution in [-0.2, 0) is 9.59 Å². The van der Waals surface area contributed by atoms with Crippen LogP contribution in [0.4, 0.5) is 11.4 Å². The number of anilines is 2. The molecule has 4 aromatic rings. The average molecular weight is 598 g/mol. The van der Waals surface area contributed by atoms with Gasteiger partial charge < -0.3 is 16.0 Å². The van der Waals surface area contributed by atoms with E-state index in [0.717, 1.165) is 21.7 Å². The molecule has 1 atom stereocenters. The van der Waals surface area contributed by atoms with Crippen molar-refractivity contribution in [2.45, 2.75) is 37.3 Å². The van der Waals surface area contributed by atoms with Crippen LogP contribution in [0.25, 0.3) is 6.08 Å². The van der Waals surface area contributed by atoms with Gasteiger partial charge in [-0.05, 0) is 91.6 Å². The van der Waals surface area contributed by atoms with E-state index >= 15 is 0 Å². The Kier molecular flexibility index (Phi) is 10.6. The molecule has 0 radical (unpaired) electrons. The van der Waals surface area contributed by atoms with Gasteiger partial charge in [0.25, 0.3) is 11.8 Å². The number of aryl methyl sites for hydroxylation is 1. The Morgan fingerprint density at radius 3 is 2.29 bits per heavy atom. The summed E-state index contributed by atoms with van der Waals surface area (Å²) >= 11 is 7.45. The van der Waals surface area contributed by atoms with Crippen molar-refractivity contribution in [2.75, 3.05) is 10.6 Å². The SMILES string of the molecule is CCC(Sc1cccc(NC(=O)/C(=C\c2ccc(Cl)cc2)NC(=O)c2ccccc2)c1)C(=O)Nc1cccc(C)c1C. The summed E-state index contributed by atoms with van der Waals surface area (Å²) in [5, 5.41) is 8.91. The first-order valence-corrected chi connectivity index (χ1v) is 14.8. The fraction of sp³-hybridized carbons (Fsp3) is 0.147. The fourth-order valence-electron chi connectivity index (χ4n) is 4.10. The second-order valence-corrected chi connectivity index (χ2v) is 11.4. The van der Waals surface area contributed by atoms with E-state index in [0.29, 0.717) is 28.3 Å². The van der Waals surface area contributed by atoms with E-state index < -0.39 is 11.8 Å². The zero-order valence-corrected chi connectivity index (χ0v) is 25.2. The van der Waals surface area contributed by atoms with Crippen molar-refractivity contribution >= 4 is 58.5 Å². The molecule has 0 saturated carbocycles. The molecule has 0 aliphatic carbocycles. The normalized spacial score (nSPS) is 11.9. The third-order valence-electron chi connectivity index (χ3n) is 6.61. The van der Waals surface area contributed by atoms with Crippen molar-refractivity contribution in [2.24, 2.45) is 0 Å². The van der Waals surface area contributed by atoms with Crippen molar-refractivity contribution in [3.8, 4) is 0 Å². The van der Waals surface area contributed by atoms with Gasteiger partial charge in [-0.25, -0.2) is 0 Å². The van der Waals surface area contributed by atoms with Crippen LogP contribution in [0.3, 0.4) is 0 Å². The van der Waals surface area contributed by atoms with E-state index in [4.69, 9.17) is 11.6 Å². The molecule has 0 heterocycles. The molecule has 214 valence electrons. The number of benzene rings is 4. The van der Waals surface area contributed by atoms with Crippen LogP contribution < -0.4 is 16.0 Å². The minimum atomic E-state index is -0.490. The lowest BCUT2D eigenvalue weighted by atomic mass is 10.1. The summed E-state index contributed by atoms with van der Waals surface area (Å²) in [6.07, 6.45) is 2.22. The van der Waals surface area contributed by atoms with Gasteiger partial charge in [0.15, 0.2) is 0 Å². The summed E-state index contributed by atoms with van der Waals surface area (Å²) in [6, 6.07) is 28.8. The second kappa shape index (κ2) is 14.5. The third-order valence-corrected chi connectivity index (χ3v) is 8.22. The van der Waals surface area contributed by atoms with Crippen molar-refractivity contribution in [1.29, 1.82) is 0 Å². The lowest BCUT2D eigenvalue weighted by Crippen LogP contribution is -2.30. The van der Waals surface area contributed by atoms with Crippen LogP contribution in [0.1, 0.15) is 40.4 Å². The third kappa shape index (κ3) is 8.35. The van der Waals surface area contributed by atoms with E-state index in [-0.39, 0.29) is 16.9 Å². The largest absolute Gasteiger partial charge is 0.325 e. The zero-order valence-electron chi connectivity index (χ0n) is 23.6. The Hall–Kier alpha value is -4.33. The molecule has 3 N–H and O–H groups in total. The number of hydrogen-bond acceptors (Lipinski definition) is 4. The average Bonchev–Trinajstić information content (AvgIpc) is 2.99. The van der Waals surface area contributed by atoms with E-state index in [1.165, 1.54) is 11.8 Å². The highest BCUT2D eigenvalue weighted by atomic mass is 35.5. The van der Waals surface area contributed by atoms with Gasteiger partial charge >= 0.3 is 0 Å². The molecule has 1 unspecified atom stereocenters. The topological polar surface area (TPSA) is 87.3 Å². The predicted molar refractivity (Wildman–Crippen MR) is 173 cm³/mol. The molecule has 0 aromatic heterocycles. The van der Waals surface area contributed by atoms with E-state index in [9.17, 15) is 14.4 Å². The maximum Gasteiger partial charge on any atom is 0.272 e.